The van der Waals surface area contributed by atoms with Crippen molar-refractivity contribution < 1.29 is 18.7 Å². The third-order valence-electron chi connectivity index (χ3n) is 7.19. The number of furan rings is 1. The first kappa shape index (κ1) is 31.0. The van der Waals surface area contributed by atoms with E-state index >= 15 is 0 Å². The van der Waals surface area contributed by atoms with Gasteiger partial charge in [0.1, 0.15) is 17.1 Å². The molecule has 2 amide bonds. The number of hydrogen-bond donors (Lipinski definition) is 3. The first-order chi connectivity index (χ1) is 21.2. The van der Waals surface area contributed by atoms with Gasteiger partial charge in [0.25, 0.3) is 5.91 Å². The highest BCUT2D eigenvalue weighted by atomic mass is 32.1. The van der Waals surface area contributed by atoms with Crippen molar-refractivity contribution >= 4 is 41.1 Å². The van der Waals surface area contributed by atoms with Gasteiger partial charge in [-0.25, -0.2) is 0 Å². The Hall–Kier alpha value is -4.49. The number of hydrogen-bond acceptors (Lipinski definition) is 5. The van der Waals surface area contributed by atoms with Crippen molar-refractivity contribution in [2.24, 2.45) is 5.41 Å². The Morgan fingerprint density at radius 2 is 1.59 bits per heavy atom. The number of ether oxygens (including phenoxy) is 1. The summed E-state index contributed by atoms with van der Waals surface area (Å²) in [7, 11) is 0. The van der Waals surface area contributed by atoms with Crippen LogP contribution in [0.15, 0.2) is 108 Å². The number of para-hydroxylation sites is 1. The predicted molar refractivity (Wildman–Crippen MR) is 181 cm³/mol. The van der Waals surface area contributed by atoms with Crippen LogP contribution in [-0.4, -0.2) is 30.7 Å². The van der Waals surface area contributed by atoms with Crippen molar-refractivity contribution in [1.29, 1.82) is 0 Å². The molecule has 0 saturated heterocycles. The van der Waals surface area contributed by atoms with Gasteiger partial charge in [0.15, 0.2) is 0 Å². The Labute approximate surface area is 264 Å². The number of carbonyl (C=O) groups is 2. The van der Waals surface area contributed by atoms with E-state index in [1.165, 1.54) is 0 Å². The van der Waals surface area contributed by atoms with Crippen LogP contribution in [0.5, 0.6) is 5.75 Å². The first-order valence-electron chi connectivity index (χ1n) is 14.8. The molecule has 5 aromatic rings. The maximum absolute atomic E-state index is 13.8. The summed E-state index contributed by atoms with van der Waals surface area (Å²) in [6.45, 7) is 7.47. The van der Waals surface area contributed by atoms with Gasteiger partial charge in [-0.1, -0.05) is 63.2 Å². The van der Waals surface area contributed by atoms with Crippen LogP contribution in [0, 0.1) is 5.41 Å². The summed E-state index contributed by atoms with van der Waals surface area (Å²) in [5.74, 6) is 1.38. The van der Waals surface area contributed by atoms with Gasteiger partial charge in [-0.05, 0) is 83.6 Å². The second-order valence-corrected chi connectivity index (χ2v) is 12.5. The van der Waals surface area contributed by atoms with E-state index in [0.29, 0.717) is 36.6 Å². The van der Waals surface area contributed by atoms with Crippen LogP contribution in [0.4, 0.5) is 5.69 Å². The van der Waals surface area contributed by atoms with Gasteiger partial charge in [-0.3, -0.25) is 9.59 Å². The van der Waals surface area contributed by atoms with Crippen LogP contribution in [0.2, 0.25) is 0 Å². The molecular formula is C37H38N2O4S. The Morgan fingerprint density at radius 1 is 0.886 bits per heavy atom. The number of rotatable bonds is 11. The fraction of sp³-hybridized carbons (Fsp3) is 0.243. The van der Waals surface area contributed by atoms with Gasteiger partial charge in [-0.15, -0.1) is 0 Å². The molecule has 0 aliphatic carbocycles. The number of anilines is 1. The van der Waals surface area contributed by atoms with Crippen LogP contribution in [0.3, 0.4) is 0 Å². The van der Waals surface area contributed by atoms with Crippen molar-refractivity contribution in [3.8, 4) is 17.1 Å². The summed E-state index contributed by atoms with van der Waals surface area (Å²) >= 11 is 4.15. The Bertz CT molecular complexity index is 1670. The highest BCUT2D eigenvalue weighted by Crippen LogP contribution is 2.30. The van der Waals surface area contributed by atoms with Crippen molar-refractivity contribution in [2.75, 3.05) is 24.2 Å². The van der Waals surface area contributed by atoms with E-state index in [9.17, 15) is 9.59 Å². The molecule has 0 spiro atoms. The molecule has 226 valence electrons. The smallest absolute Gasteiger partial charge is 0.251 e. The van der Waals surface area contributed by atoms with Gasteiger partial charge in [0.05, 0.1) is 12.5 Å². The Balaban J connectivity index is 1.34. The monoisotopic (exact) mass is 606 g/mol. The molecule has 1 unspecified atom stereocenters. The second kappa shape index (κ2) is 13.9. The largest absolute Gasteiger partial charge is 0.493 e. The summed E-state index contributed by atoms with van der Waals surface area (Å²) in [5.41, 5.74) is 4.90. The van der Waals surface area contributed by atoms with Gasteiger partial charge in [-0.2, -0.15) is 12.6 Å². The lowest BCUT2D eigenvalue weighted by Crippen LogP contribution is -2.25. The molecule has 1 aromatic heterocycles. The lowest BCUT2D eigenvalue weighted by molar-refractivity contribution is -0.117. The summed E-state index contributed by atoms with van der Waals surface area (Å²) < 4.78 is 12.0. The molecule has 4 aromatic carbocycles. The summed E-state index contributed by atoms with van der Waals surface area (Å²) in [4.78, 5) is 26.1. The van der Waals surface area contributed by atoms with E-state index in [-0.39, 0.29) is 17.2 Å². The molecule has 0 aliphatic heterocycles. The van der Waals surface area contributed by atoms with E-state index in [1.54, 1.807) is 12.1 Å². The number of thiol groups is 1. The molecule has 44 heavy (non-hydrogen) atoms. The average Bonchev–Trinajstić information content (AvgIpc) is 3.46. The Kier molecular flexibility index (Phi) is 9.75. The minimum absolute atomic E-state index is 0.0385. The molecule has 1 heterocycles. The topological polar surface area (TPSA) is 80.6 Å². The van der Waals surface area contributed by atoms with E-state index in [2.05, 4.69) is 44.0 Å². The fourth-order valence-corrected chi connectivity index (χ4v) is 4.94. The molecule has 0 aliphatic rings. The normalized spacial score (nSPS) is 12.1. The van der Waals surface area contributed by atoms with Crippen molar-refractivity contribution in [3.63, 3.8) is 0 Å². The minimum Gasteiger partial charge on any atom is -0.493 e. The molecule has 5 rings (SSSR count). The summed E-state index contributed by atoms with van der Waals surface area (Å²) in [6.07, 6.45) is 0.462. The van der Waals surface area contributed by atoms with E-state index in [1.807, 2.05) is 91.0 Å². The highest BCUT2D eigenvalue weighted by Gasteiger charge is 2.22. The number of amides is 2. The van der Waals surface area contributed by atoms with Gasteiger partial charge in [0, 0.05) is 34.5 Å². The SMILES string of the molecule is CC(C)(C)COc1ccc(C(Cc2ccc(C(=O)NCCS)cc2)C(=O)Nc2ccc(-c3cc4ccccc4o3)cc2)cc1. The van der Waals surface area contributed by atoms with Crippen molar-refractivity contribution in [1.82, 2.24) is 5.32 Å². The number of carbonyl (C=O) groups excluding carboxylic acids is 2. The lowest BCUT2D eigenvalue weighted by Gasteiger charge is -2.20. The van der Waals surface area contributed by atoms with Gasteiger partial charge < -0.3 is 19.8 Å². The van der Waals surface area contributed by atoms with E-state index in [0.717, 1.165) is 39.2 Å². The quantitative estimate of drug-likeness (QED) is 0.133. The maximum atomic E-state index is 13.8. The first-order valence-corrected chi connectivity index (χ1v) is 15.4. The van der Waals surface area contributed by atoms with E-state index in [4.69, 9.17) is 9.15 Å². The molecule has 0 fully saturated rings. The molecule has 0 radical (unpaired) electrons. The number of nitrogens with one attached hydrogen (secondary N) is 2. The average molecular weight is 607 g/mol. The van der Waals surface area contributed by atoms with Gasteiger partial charge in [0.2, 0.25) is 5.91 Å². The van der Waals surface area contributed by atoms with Crippen LogP contribution < -0.4 is 15.4 Å². The Morgan fingerprint density at radius 3 is 2.25 bits per heavy atom. The van der Waals surface area contributed by atoms with Crippen LogP contribution >= 0.6 is 12.6 Å². The number of fused-ring (bicyclic) bond motifs is 1. The molecule has 2 N–H and O–H groups in total. The van der Waals surface area contributed by atoms with Crippen LogP contribution in [0.1, 0.15) is 48.2 Å². The molecule has 0 saturated carbocycles. The van der Waals surface area contributed by atoms with E-state index < -0.39 is 5.92 Å². The van der Waals surface area contributed by atoms with Crippen molar-refractivity contribution in [2.45, 2.75) is 33.1 Å². The van der Waals surface area contributed by atoms with Crippen LogP contribution in [0.25, 0.3) is 22.3 Å². The zero-order chi connectivity index (χ0) is 31.1. The zero-order valence-electron chi connectivity index (χ0n) is 25.3. The fourth-order valence-electron chi connectivity index (χ4n) is 4.83. The summed E-state index contributed by atoms with van der Waals surface area (Å²) in [5, 5.41) is 6.98. The van der Waals surface area contributed by atoms with Crippen molar-refractivity contribution in [3.05, 3.63) is 120 Å². The standard InChI is InChI=1S/C37H38N2O4S/c1-37(2,3)24-42-31-18-14-26(15-19-31)32(22-25-8-10-28(11-9-25)35(40)38-20-21-44)36(41)39-30-16-12-27(13-17-30)34-23-29-6-4-5-7-33(29)43-34/h4-19,23,32,44H,20-22,24H2,1-3H3,(H,38,40)(H,39,41). The van der Waals surface area contributed by atoms with Gasteiger partial charge >= 0.3 is 0 Å². The molecule has 7 heteroatoms. The molecule has 1 atom stereocenters. The zero-order valence-corrected chi connectivity index (χ0v) is 26.2. The lowest BCUT2D eigenvalue weighted by atomic mass is 9.90. The number of benzene rings is 4. The molecular weight excluding hydrogens is 568 g/mol. The minimum atomic E-state index is -0.467. The third kappa shape index (κ3) is 8.11. The second-order valence-electron chi connectivity index (χ2n) is 12.1. The molecule has 0 bridgehead atoms. The van der Waals surface area contributed by atoms with Crippen LogP contribution in [-0.2, 0) is 11.2 Å². The summed E-state index contributed by atoms with van der Waals surface area (Å²) in [6, 6.07) is 32.7. The molecule has 6 nitrogen and oxygen atoms in total. The third-order valence-corrected chi connectivity index (χ3v) is 7.41. The maximum Gasteiger partial charge on any atom is 0.251 e. The highest BCUT2D eigenvalue weighted by molar-refractivity contribution is 7.80. The predicted octanol–water partition coefficient (Wildman–Crippen LogP) is 8.15.